The summed E-state index contributed by atoms with van der Waals surface area (Å²) in [6.07, 6.45) is 1.12. The van der Waals surface area contributed by atoms with Crippen LogP contribution in [0.5, 0.6) is 0 Å². The predicted molar refractivity (Wildman–Crippen MR) is 63.6 cm³/mol. The van der Waals surface area contributed by atoms with Gasteiger partial charge in [0.15, 0.2) is 0 Å². The third-order valence-electron chi connectivity index (χ3n) is 3.08. The first-order valence-electron chi connectivity index (χ1n) is 5.73. The second kappa shape index (κ2) is 4.67. The second-order valence-electron chi connectivity index (χ2n) is 4.06. The molecule has 1 aliphatic rings. The molecule has 0 saturated carbocycles. The molecule has 0 bridgehead atoms. The van der Waals surface area contributed by atoms with Crippen LogP contribution in [0.1, 0.15) is 18.1 Å². The smallest absolute Gasteiger partial charge is 0.0642 e. The summed E-state index contributed by atoms with van der Waals surface area (Å²) in [6.45, 7) is 8.15. The molecule has 15 heavy (non-hydrogen) atoms. The molecular formula is C13H19NO. The molecule has 2 heteroatoms. The minimum Gasteiger partial charge on any atom is -0.378 e. The van der Waals surface area contributed by atoms with Crippen LogP contribution in [0.3, 0.4) is 0 Å². The summed E-state index contributed by atoms with van der Waals surface area (Å²) in [7, 11) is 0. The molecule has 0 amide bonds. The number of hydrogen-bond donors (Lipinski definition) is 0. The summed E-state index contributed by atoms with van der Waals surface area (Å²) in [5.41, 5.74) is 4.20. The molecule has 1 heterocycles. The normalized spacial score (nSPS) is 16.8. The van der Waals surface area contributed by atoms with Gasteiger partial charge in [-0.05, 0) is 36.6 Å². The fourth-order valence-electron chi connectivity index (χ4n) is 2.09. The van der Waals surface area contributed by atoms with E-state index >= 15 is 0 Å². The molecule has 2 rings (SSSR count). The van der Waals surface area contributed by atoms with Crippen LogP contribution >= 0.6 is 0 Å². The molecule has 0 aliphatic carbocycles. The van der Waals surface area contributed by atoms with Crippen molar-refractivity contribution in [2.45, 2.75) is 20.3 Å². The van der Waals surface area contributed by atoms with Crippen molar-refractivity contribution in [2.75, 3.05) is 31.2 Å². The molecule has 0 unspecified atom stereocenters. The zero-order chi connectivity index (χ0) is 10.7. The average Bonchev–Trinajstić information content (AvgIpc) is 2.30. The van der Waals surface area contributed by atoms with Crippen LogP contribution in [0.25, 0.3) is 0 Å². The van der Waals surface area contributed by atoms with E-state index < -0.39 is 0 Å². The van der Waals surface area contributed by atoms with Crippen molar-refractivity contribution in [2.24, 2.45) is 0 Å². The highest BCUT2D eigenvalue weighted by atomic mass is 16.5. The fourth-order valence-corrected chi connectivity index (χ4v) is 2.09. The number of nitrogens with zero attached hydrogens (tertiary/aromatic N) is 1. The molecular weight excluding hydrogens is 186 g/mol. The highest BCUT2D eigenvalue weighted by Gasteiger charge is 2.11. The quantitative estimate of drug-likeness (QED) is 0.735. The third kappa shape index (κ3) is 2.32. The van der Waals surface area contributed by atoms with Gasteiger partial charge in [-0.25, -0.2) is 0 Å². The van der Waals surface area contributed by atoms with Crippen molar-refractivity contribution in [3.63, 3.8) is 0 Å². The monoisotopic (exact) mass is 205 g/mol. The third-order valence-corrected chi connectivity index (χ3v) is 3.08. The molecule has 82 valence electrons. The highest BCUT2D eigenvalue weighted by Crippen LogP contribution is 2.20. The van der Waals surface area contributed by atoms with Gasteiger partial charge in [-0.1, -0.05) is 13.0 Å². The standard InChI is InChI=1S/C13H19NO/c1-3-12-4-5-13(10-11(12)2)14-6-8-15-9-7-14/h4-5,10H,3,6-9H2,1-2H3. The van der Waals surface area contributed by atoms with E-state index in [-0.39, 0.29) is 0 Å². The van der Waals surface area contributed by atoms with E-state index in [2.05, 4.69) is 36.9 Å². The van der Waals surface area contributed by atoms with Crippen LogP contribution < -0.4 is 4.90 Å². The van der Waals surface area contributed by atoms with Crippen LogP contribution in [-0.2, 0) is 11.2 Å². The van der Waals surface area contributed by atoms with Crippen LogP contribution in [0.15, 0.2) is 18.2 Å². The number of ether oxygens (including phenoxy) is 1. The molecule has 1 fully saturated rings. The maximum absolute atomic E-state index is 5.35. The van der Waals surface area contributed by atoms with E-state index in [1.54, 1.807) is 0 Å². The molecule has 0 atom stereocenters. The Morgan fingerprint density at radius 1 is 1.27 bits per heavy atom. The Hall–Kier alpha value is -1.02. The van der Waals surface area contributed by atoms with E-state index in [9.17, 15) is 0 Å². The molecule has 0 spiro atoms. The van der Waals surface area contributed by atoms with Gasteiger partial charge in [-0.2, -0.15) is 0 Å². The first-order chi connectivity index (χ1) is 7.31. The molecule has 0 N–H and O–H groups in total. The number of anilines is 1. The summed E-state index contributed by atoms with van der Waals surface area (Å²) in [4.78, 5) is 2.40. The van der Waals surface area contributed by atoms with Crippen LogP contribution in [-0.4, -0.2) is 26.3 Å². The SMILES string of the molecule is CCc1ccc(N2CCOCC2)cc1C. The van der Waals surface area contributed by atoms with Crippen molar-refractivity contribution >= 4 is 5.69 Å². The van der Waals surface area contributed by atoms with E-state index in [4.69, 9.17) is 4.74 Å². The van der Waals surface area contributed by atoms with Crippen molar-refractivity contribution in [3.8, 4) is 0 Å². The number of rotatable bonds is 2. The Morgan fingerprint density at radius 2 is 2.00 bits per heavy atom. The van der Waals surface area contributed by atoms with Gasteiger partial charge in [0.2, 0.25) is 0 Å². The maximum atomic E-state index is 5.35. The number of hydrogen-bond acceptors (Lipinski definition) is 2. The Labute approximate surface area is 91.9 Å². The Kier molecular flexibility index (Phi) is 3.27. The summed E-state index contributed by atoms with van der Waals surface area (Å²) >= 11 is 0. The first kappa shape index (κ1) is 10.5. The van der Waals surface area contributed by atoms with Gasteiger partial charge in [-0.15, -0.1) is 0 Å². The summed E-state index contributed by atoms with van der Waals surface area (Å²) in [5.74, 6) is 0. The lowest BCUT2D eigenvalue weighted by Crippen LogP contribution is -2.36. The molecule has 1 aromatic rings. The van der Waals surface area contributed by atoms with E-state index in [0.29, 0.717) is 0 Å². The van der Waals surface area contributed by atoms with Crippen molar-refractivity contribution in [1.29, 1.82) is 0 Å². The van der Waals surface area contributed by atoms with Crippen LogP contribution in [0.4, 0.5) is 5.69 Å². The highest BCUT2D eigenvalue weighted by molar-refractivity contribution is 5.51. The van der Waals surface area contributed by atoms with Crippen molar-refractivity contribution in [3.05, 3.63) is 29.3 Å². The van der Waals surface area contributed by atoms with Gasteiger partial charge in [0.05, 0.1) is 13.2 Å². The second-order valence-corrected chi connectivity index (χ2v) is 4.06. The lowest BCUT2D eigenvalue weighted by atomic mass is 10.1. The zero-order valence-corrected chi connectivity index (χ0v) is 9.62. The van der Waals surface area contributed by atoms with Gasteiger partial charge in [-0.3, -0.25) is 0 Å². The molecule has 1 saturated heterocycles. The van der Waals surface area contributed by atoms with Crippen molar-refractivity contribution < 1.29 is 4.74 Å². The van der Waals surface area contributed by atoms with E-state index in [0.717, 1.165) is 32.7 Å². The summed E-state index contributed by atoms with van der Waals surface area (Å²) in [5, 5.41) is 0. The molecule has 1 aromatic carbocycles. The summed E-state index contributed by atoms with van der Waals surface area (Å²) in [6, 6.07) is 6.78. The predicted octanol–water partition coefficient (Wildman–Crippen LogP) is 2.39. The van der Waals surface area contributed by atoms with Crippen LogP contribution in [0, 0.1) is 6.92 Å². The molecule has 1 aliphatic heterocycles. The maximum Gasteiger partial charge on any atom is 0.0642 e. The van der Waals surface area contributed by atoms with Gasteiger partial charge in [0.25, 0.3) is 0 Å². The lowest BCUT2D eigenvalue weighted by Gasteiger charge is -2.29. The summed E-state index contributed by atoms with van der Waals surface area (Å²) < 4.78 is 5.35. The number of morpholine rings is 1. The Bertz CT molecular complexity index is 329. The van der Waals surface area contributed by atoms with Gasteiger partial charge in [0, 0.05) is 18.8 Å². The van der Waals surface area contributed by atoms with E-state index in [1.165, 1.54) is 16.8 Å². The fraction of sp³-hybridized carbons (Fsp3) is 0.538. The van der Waals surface area contributed by atoms with Gasteiger partial charge < -0.3 is 9.64 Å². The van der Waals surface area contributed by atoms with Crippen molar-refractivity contribution in [1.82, 2.24) is 0 Å². The van der Waals surface area contributed by atoms with Crippen LogP contribution in [0.2, 0.25) is 0 Å². The largest absolute Gasteiger partial charge is 0.378 e. The minimum atomic E-state index is 0.856. The zero-order valence-electron chi connectivity index (χ0n) is 9.62. The minimum absolute atomic E-state index is 0.856. The lowest BCUT2D eigenvalue weighted by molar-refractivity contribution is 0.122. The molecule has 0 radical (unpaired) electrons. The Morgan fingerprint density at radius 3 is 2.60 bits per heavy atom. The van der Waals surface area contributed by atoms with E-state index in [1.807, 2.05) is 0 Å². The number of benzene rings is 1. The topological polar surface area (TPSA) is 12.5 Å². The molecule has 2 nitrogen and oxygen atoms in total. The first-order valence-corrected chi connectivity index (χ1v) is 5.73. The number of aryl methyl sites for hydroxylation is 2. The van der Waals surface area contributed by atoms with Gasteiger partial charge >= 0.3 is 0 Å². The Balaban J connectivity index is 2.17. The van der Waals surface area contributed by atoms with Gasteiger partial charge in [0.1, 0.15) is 0 Å². The average molecular weight is 205 g/mol. The molecule has 0 aromatic heterocycles.